The second-order valence-corrected chi connectivity index (χ2v) is 11.1. The van der Waals surface area contributed by atoms with Gasteiger partial charge in [0.15, 0.2) is 5.69 Å². The Bertz CT molecular complexity index is 1430. The molecule has 0 saturated carbocycles. The largest absolute Gasteiger partial charge is 0.395 e. The molecule has 4 rings (SSSR count). The van der Waals surface area contributed by atoms with Crippen molar-refractivity contribution in [2.24, 2.45) is 5.73 Å². The number of thiophene rings is 1. The summed E-state index contributed by atoms with van der Waals surface area (Å²) in [5.41, 5.74) is 12.0. The minimum Gasteiger partial charge on any atom is -0.395 e. The normalized spacial score (nSPS) is 12.3. The molecule has 0 spiro atoms. The number of anilines is 1. The second-order valence-electron chi connectivity index (χ2n) is 9.25. The van der Waals surface area contributed by atoms with Gasteiger partial charge in [-0.3, -0.25) is 19.4 Å². The van der Waals surface area contributed by atoms with E-state index in [1.165, 1.54) is 16.2 Å². The van der Waals surface area contributed by atoms with Crippen LogP contribution in [-0.4, -0.2) is 37.5 Å². The van der Waals surface area contributed by atoms with Crippen molar-refractivity contribution in [3.05, 3.63) is 75.1 Å². The number of amides is 3. The highest BCUT2D eigenvalue weighted by Gasteiger charge is 2.36. The molecule has 9 nitrogen and oxygen atoms in total. The Morgan fingerprint density at radius 2 is 1.92 bits per heavy atom. The lowest BCUT2D eigenvalue weighted by Gasteiger charge is -2.33. The van der Waals surface area contributed by atoms with Crippen LogP contribution in [0.1, 0.15) is 57.4 Å². The molecule has 0 unspecified atom stereocenters. The van der Waals surface area contributed by atoms with Crippen LogP contribution < -0.4 is 16.8 Å². The Kier molecular flexibility index (Phi) is 7.04. The van der Waals surface area contributed by atoms with Crippen molar-refractivity contribution in [1.29, 1.82) is 0 Å². The summed E-state index contributed by atoms with van der Waals surface area (Å²) in [6, 6.07) is 11.9. The molecule has 3 heterocycles. The Balaban J connectivity index is 1.87. The molecule has 36 heavy (non-hydrogen) atoms. The molecule has 0 fully saturated rings. The number of rotatable bonds is 7. The van der Waals surface area contributed by atoms with Gasteiger partial charge in [-0.2, -0.15) is 4.37 Å². The molecule has 0 bridgehead atoms. The molecule has 5 N–H and O–H groups in total. The van der Waals surface area contributed by atoms with Crippen LogP contribution in [0.15, 0.2) is 54.0 Å². The monoisotopic (exact) mass is 522 g/mol. The van der Waals surface area contributed by atoms with E-state index in [4.69, 9.17) is 11.5 Å². The number of pyridine rings is 1. The van der Waals surface area contributed by atoms with E-state index in [9.17, 15) is 14.4 Å². The van der Waals surface area contributed by atoms with Crippen molar-refractivity contribution in [3.63, 3.8) is 0 Å². The molecular formula is C25H26N6O3S2. The van der Waals surface area contributed by atoms with Gasteiger partial charge in [-0.25, -0.2) is 0 Å². The fraction of sp³-hybridized carbons (Fsp3) is 0.240. The van der Waals surface area contributed by atoms with Gasteiger partial charge in [0.1, 0.15) is 10.9 Å². The van der Waals surface area contributed by atoms with Crippen molar-refractivity contribution >= 4 is 57.2 Å². The van der Waals surface area contributed by atoms with Crippen LogP contribution in [0.25, 0.3) is 10.9 Å². The summed E-state index contributed by atoms with van der Waals surface area (Å²) in [6.45, 7) is 5.76. The van der Waals surface area contributed by atoms with Crippen LogP contribution in [0.2, 0.25) is 0 Å². The van der Waals surface area contributed by atoms with E-state index >= 15 is 0 Å². The number of carbonyl (C=O) groups excluding carboxylic acids is 3. The summed E-state index contributed by atoms with van der Waals surface area (Å²) >= 11 is 2.25. The third-order valence-corrected chi connectivity index (χ3v) is 7.04. The first kappa shape index (κ1) is 25.3. The number of nitrogens with one attached hydrogen (secondary N) is 1. The molecule has 0 aliphatic heterocycles. The summed E-state index contributed by atoms with van der Waals surface area (Å²) in [5.74, 6) is -1.70. The van der Waals surface area contributed by atoms with Gasteiger partial charge in [0.2, 0.25) is 5.91 Å². The fourth-order valence-corrected chi connectivity index (χ4v) is 5.25. The summed E-state index contributed by atoms with van der Waals surface area (Å²) in [7, 11) is 0. The molecule has 3 amide bonds. The van der Waals surface area contributed by atoms with E-state index in [1.54, 1.807) is 12.3 Å². The number of fused-ring (bicyclic) bond motifs is 1. The molecule has 1 atom stereocenters. The van der Waals surface area contributed by atoms with E-state index in [1.807, 2.05) is 62.5 Å². The SMILES string of the molecule is CC(C)(C)NC(=O)[C@H](c1ccc2ncccc2c1)N(Cc1cccs1)C(=O)c1snc(C(N)=O)c1N. The molecule has 1 aromatic carbocycles. The number of aromatic nitrogens is 2. The number of nitrogens with two attached hydrogens (primary N) is 2. The quantitative estimate of drug-likeness (QED) is 0.337. The van der Waals surface area contributed by atoms with E-state index in [0.717, 1.165) is 27.3 Å². The van der Waals surface area contributed by atoms with Crippen molar-refractivity contribution < 1.29 is 14.4 Å². The van der Waals surface area contributed by atoms with E-state index < -0.39 is 23.4 Å². The molecule has 0 aliphatic rings. The summed E-state index contributed by atoms with van der Waals surface area (Å²) in [5, 5.41) is 5.74. The van der Waals surface area contributed by atoms with Crippen molar-refractivity contribution in [1.82, 2.24) is 19.6 Å². The highest BCUT2D eigenvalue weighted by molar-refractivity contribution is 7.10. The zero-order chi connectivity index (χ0) is 26.0. The summed E-state index contributed by atoms with van der Waals surface area (Å²) < 4.78 is 3.98. The Hall–Kier alpha value is -3.83. The van der Waals surface area contributed by atoms with Crippen LogP contribution in [-0.2, 0) is 11.3 Å². The number of benzene rings is 1. The van der Waals surface area contributed by atoms with Gasteiger partial charge < -0.3 is 21.7 Å². The Labute approximate surface area is 216 Å². The van der Waals surface area contributed by atoms with Crippen LogP contribution in [0.5, 0.6) is 0 Å². The summed E-state index contributed by atoms with van der Waals surface area (Å²) in [4.78, 5) is 46.2. The number of hydrogen-bond donors (Lipinski definition) is 3. The Morgan fingerprint density at radius 1 is 1.14 bits per heavy atom. The predicted molar refractivity (Wildman–Crippen MR) is 142 cm³/mol. The minimum atomic E-state index is -0.998. The minimum absolute atomic E-state index is 0.0522. The maximum absolute atomic E-state index is 14.0. The van der Waals surface area contributed by atoms with Gasteiger partial charge in [0, 0.05) is 22.0 Å². The lowest BCUT2D eigenvalue weighted by molar-refractivity contribution is -0.127. The van der Waals surface area contributed by atoms with Crippen molar-refractivity contribution in [3.8, 4) is 0 Å². The van der Waals surface area contributed by atoms with Gasteiger partial charge in [0.05, 0.1) is 17.7 Å². The fourth-order valence-electron chi connectivity index (χ4n) is 3.79. The molecule has 0 aliphatic carbocycles. The topological polar surface area (TPSA) is 144 Å². The molecule has 3 aromatic heterocycles. The second kappa shape index (κ2) is 10.0. The number of nitrogen functional groups attached to an aromatic ring is 1. The molecule has 0 saturated heterocycles. The zero-order valence-electron chi connectivity index (χ0n) is 20.0. The summed E-state index contributed by atoms with van der Waals surface area (Å²) in [6.07, 6.45) is 1.70. The van der Waals surface area contributed by atoms with E-state index in [2.05, 4.69) is 14.7 Å². The van der Waals surface area contributed by atoms with Crippen LogP contribution in [0.3, 0.4) is 0 Å². The molecule has 186 valence electrons. The van der Waals surface area contributed by atoms with Gasteiger partial charge in [-0.05, 0) is 67.5 Å². The van der Waals surface area contributed by atoms with Crippen LogP contribution in [0.4, 0.5) is 5.69 Å². The average molecular weight is 523 g/mol. The average Bonchev–Trinajstić information content (AvgIpc) is 3.46. The smallest absolute Gasteiger partial charge is 0.270 e. The van der Waals surface area contributed by atoms with Crippen molar-refractivity contribution in [2.75, 3.05) is 5.73 Å². The van der Waals surface area contributed by atoms with E-state index in [-0.39, 0.29) is 28.7 Å². The highest BCUT2D eigenvalue weighted by Crippen LogP contribution is 2.32. The lowest BCUT2D eigenvalue weighted by Crippen LogP contribution is -2.49. The van der Waals surface area contributed by atoms with Gasteiger partial charge in [0.25, 0.3) is 11.8 Å². The number of primary amides is 1. The first-order valence-electron chi connectivity index (χ1n) is 11.1. The molecular weight excluding hydrogens is 496 g/mol. The number of nitrogens with zero attached hydrogens (tertiary/aromatic N) is 3. The third kappa shape index (κ3) is 5.37. The maximum atomic E-state index is 14.0. The van der Waals surface area contributed by atoms with Gasteiger partial charge in [-0.15, -0.1) is 11.3 Å². The number of carbonyl (C=O) groups is 3. The van der Waals surface area contributed by atoms with Crippen molar-refractivity contribution in [2.45, 2.75) is 38.9 Å². The number of hydrogen-bond acceptors (Lipinski definition) is 8. The van der Waals surface area contributed by atoms with Gasteiger partial charge >= 0.3 is 0 Å². The molecule has 0 radical (unpaired) electrons. The standard InChI is InChI=1S/C25H26N6O3S2/c1-25(2,3)29-23(33)20(15-8-9-17-14(12-15)6-4-10-28-17)31(13-16-7-5-11-35-16)24(34)21-18(26)19(22(27)32)30-36-21/h4-12,20H,13,26H2,1-3H3,(H2,27,32)(H,29,33)/t20-/m0/s1. The highest BCUT2D eigenvalue weighted by atomic mass is 32.1. The van der Waals surface area contributed by atoms with Crippen LogP contribution >= 0.6 is 22.9 Å². The first-order chi connectivity index (χ1) is 17.0. The molecule has 11 heteroatoms. The third-order valence-electron chi connectivity index (χ3n) is 5.32. The first-order valence-corrected chi connectivity index (χ1v) is 12.8. The van der Waals surface area contributed by atoms with Gasteiger partial charge in [-0.1, -0.05) is 18.2 Å². The lowest BCUT2D eigenvalue weighted by atomic mass is 9.99. The Morgan fingerprint density at radius 3 is 2.56 bits per heavy atom. The zero-order valence-corrected chi connectivity index (χ0v) is 21.7. The maximum Gasteiger partial charge on any atom is 0.270 e. The molecule has 4 aromatic rings. The predicted octanol–water partition coefficient (Wildman–Crippen LogP) is 3.73. The van der Waals surface area contributed by atoms with E-state index in [0.29, 0.717) is 5.56 Å². The van der Waals surface area contributed by atoms with Crippen LogP contribution in [0, 0.1) is 0 Å².